The van der Waals surface area contributed by atoms with Crippen molar-refractivity contribution in [3.8, 4) is 27.3 Å². The van der Waals surface area contributed by atoms with E-state index < -0.39 is 57.3 Å². The number of carbonyl (C=O) groups excluding carboxylic acids is 4. The quantitative estimate of drug-likeness (QED) is 0.0199. The fourth-order valence-electron chi connectivity index (χ4n) is 9.83. The minimum atomic E-state index is -4.25. The van der Waals surface area contributed by atoms with E-state index in [2.05, 4.69) is 43.0 Å². The van der Waals surface area contributed by atoms with E-state index in [9.17, 15) is 32.7 Å². The van der Waals surface area contributed by atoms with Crippen LogP contribution in [0.1, 0.15) is 107 Å². The molecule has 8 rings (SSSR count). The summed E-state index contributed by atoms with van der Waals surface area (Å²) in [5, 5.41) is 28.7. The molecular formula is C59H70N10O10S3. The minimum Gasteiger partial charge on any atom is -0.399 e. The average Bonchev–Trinajstić information content (AvgIpc) is 4.23. The summed E-state index contributed by atoms with van der Waals surface area (Å²) in [4.78, 5) is 67.3. The van der Waals surface area contributed by atoms with Crippen LogP contribution in [0.4, 0.5) is 5.69 Å². The van der Waals surface area contributed by atoms with E-state index in [-0.39, 0.29) is 57.3 Å². The molecule has 0 spiro atoms. The third-order valence-corrected chi connectivity index (χ3v) is 17.1. The summed E-state index contributed by atoms with van der Waals surface area (Å²) in [6.07, 6.45) is 0.122. The van der Waals surface area contributed by atoms with Crippen molar-refractivity contribution in [2.75, 3.05) is 51.0 Å². The topological polar surface area (TPSA) is 283 Å². The van der Waals surface area contributed by atoms with E-state index in [1.54, 1.807) is 22.7 Å². The van der Waals surface area contributed by atoms with Crippen molar-refractivity contribution in [3.63, 3.8) is 0 Å². The number of likely N-dealkylation sites (tertiary alicyclic amines) is 1. The lowest BCUT2D eigenvalue weighted by Crippen LogP contribution is -2.57. The molecule has 1 fully saturated rings. The van der Waals surface area contributed by atoms with Crippen LogP contribution in [0.2, 0.25) is 0 Å². The number of nitrogens with one attached hydrogen (secondary N) is 3. The standard InChI is InChI=1S/C59H70N10O10S3/c1-35-37(3)81-58-51(35)52(64-47(55-67-66-38(4)69(55)58)31-50(72)61-21-26-82(75,76)77)43-15-10-39(11-16-43)9-8-22-78-24-25-79-23-20-42-27-41(28-45(60)29-42)14-19-49(71)65-54(59(5,6)7)57(74)68-33-46(70)30-48(68)56(73)62-32-40-12-17-44(18-13-40)53-36(2)63-34-80-53/h10-13,15-18,27-29,34,46-48,54,70H,14,19-26,30-33,60H2,1-7H3,(H,61,72)(H,62,73)(H,65,71)(H,75,76,77). The summed E-state index contributed by atoms with van der Waals surface area (Å²) in [6.45, 7) is 14.7. The Morgan fingerprint density at radius 2 is 1.60 bits per heavy atom. The molecule has 0 saturated carbocycles. The van der Waals surface area contributed by atoms with Crippen LogP contribution in [-0.4, -0.2) is 136 Å². The van der Waals surface area contributed by atoms with Gasteiger partial charge in [-0.3, -0.25) is 33.3 Å². The molecule has 4 unspecified atom stereocenters. The summed E-state index contributed by atoms with van der Waals surface area (Å²) in [5.41, 5.74) is 16.8. The normalized spacial score (nSPS) is 16.3. The number of nitrogens with zero attached hydrogens (tertiary/aromatic N) is 6. The van der Waals surface area contributed by atoms with Gasteiger partial charge in [-0.1, -0.05) is 75.1 Å². The van der Waals surface area contributed by atoms with Crippen LogP contribution >= 0.6 is 22.7 Å². The number of anilines is 1. The summed E-state index contributed by atoms with van der Waals surface area (Å²) in [5.74, 6) is 5.13. The highest BCUT2D eigenvalue weighted by molar-refractivity contribution is 7.85. The molecule has 6 aromatic rings. The Morgan fingerprint density at radius 1 is 0.890 bits per heavy atom. The predicted molar refractivity (Wildman–Crippen MR) is 315 cm³/mol. The second-order valence-corrected chi connectivity index (χ2v) is 25.2. The number of hydrogen-bond acceptors (Lipinski definition) is 16. The molecule has 20 nitrogen and oxygen atoms in total. The number of ether oxygens (including phenoxy) is 2. The van der Waals surface area contributed by atoms with Gasteiger partial charge in [-0.05, 0) is 98.0 Å². The van der Waals surface area contributed by atoms with E-state index in [0.717, 1.165) is 65.0 Å². The van der Waals surface area contributed by atoms with Crippen molar-refractivity contribution in [3.05, 3.63) is 133 Å². The minimum absolute atomic E-state index is 0.0211. The molecule has 4 atom stereocenters. The first-order chi connectivity index (χ1) is 39.0. The number of hydrogen-bond donors (Lipinski definition) is 6. The van der Waals surface area contributed by atoms with E-state index >= 15 is 0 Å². The van der Waals surface area contributed by atoms with Gasteiger partial charge >= 0.3 is 0 Å². The number of amides is 4. The first-order valence-electron chi connectivity index (χ1n) is 27.0. The van der Waals surface area contributed by atoms with Crippen LogP contribution < -0.4 is 21.7 Å². The number of nitrogens with two attached hydrogens (primary N) is 1. The molecule has 0 radical (unpaired) electrons. The Balaban J connectivity index is 0.777. The molecule has 3 aromatic heterocycles. The fourth-order valence-corrected chi connectivity index (χ4v) is 12.2. The largest absolute Gasteiger partial charge is 0.399 e. The maximum Gasteiger partial charge on any atom is 0.266 e. The van der Waals surface area contributed by atoms with Crippen LogP contribution in [0.3, 0.4) is 0 Å². The predicted octanol–water partition coefficient (Wildman–Crippen LogP) is 5.92. The van der Waals surface area contributed by atoms with Gasteiger partial charge in [0.2, 0.25) is 23.6 Å². The number of aromatic nitrogens is 4. The lowest BCUT2D eigenvalue weighted by Gasteiger charge is -2.35. The van der Waals surface area contributed by atoms with Crippen molar-refractivity contribution in [1.29, 1.82) is 0 Å². The van der Waals surface area contributed by atoms with Gasteiger partial charge in [0.15, 0.2) is 5.82 Å². The van der Waals surface area contributed by atoms with Gasteiger partial charge in [-0.15, -0.1) is 32.9 Å². The molecule has 3 aromatic carbocycles. The van der Waals surface area contributed by atoms with Gasteiger partial charge in [-0.2, -0.15) is 8.42 Å². The first-order valence-corrected chi connectivity index (χ1v) is 30.3. The Hall–Kier alpha value is -7.17. The average molecular weight is 1180 g/mol. The highest BCUT2D eigenvalue weighted by Gasteiger charge is 2.44. The van der Waals surface area contributed by atoms with Crippen molar-refractivity contribution < 1.29 is 46.7 Å². The molecule has 2 aliphatic heterocycles. The number of rotatable bonds is 22. The Bertz CT molecular complexity index is 3500. The molecule has 4 amide bonds. The Labute approximate surface area is 486 Å². The van der Waals surface area contributed by atoms with Crippen LogP contribution in [0, 0.1) is 45.0 Å². The third kappa shape index (κ3) is 15.7. The van der Waals surface area contributed by atoms with Crippen LogP contribution in [0.25, 0.3) is 15.4 Å². The van der Waals surface area contributed by atoms with Gasteiger partial charge < -0.3 is 41.2 Å². The molecule has 1 saturated heterocycles. The fraction of sp³-hybridized carbons (Fsp3) is 0.424. The maximum atomic E-state index is 14.2. The smallest absolute Gasteiger partial charge is 0.266 e. The number of aliphatic hydroxyl groups is 1. The number of aliphatic imine (C=N–C) groups is 1. The first kappa shape index (κ1) is 60.9. The van der Waals surface area contributed by atoms with Crippen LogP contribution in [0.5, 0.6) is 0 Å². The van der Waals surface area contributed by atoms with E-state index in [0.29, 0.717) is 55.7 Å². The van der Waals surface area contributed by atoms with Gasteiger partial charge in [-0.25, -0.2) is 4.98 Å². The Morgan fingerprint density at radius 3 is 2.29 bits per heavy atom. The van der Waals surface area contributed by atoms with Gasteiger partial charge in [0.25, 0.3) is 10.1 Å². The number of benzene rings is 3. The van der Waals surface area contributed by atoms with Crippen molar-refractivity contribution in [2.45, 2.75) is 111 Å². The molecule has 0 bridgehead atoms. The van der Waals surface area contributed by atoms with Crippen molar-refractivity contribution in [2.24, 2.45) is 10.4 Å². The summed E-state index contributed by atoms with van der Waals surface area (Å²) in [6, 6.07) is 18.6. The zero-order valence-corrected chi connectivity index (χ0v) is 49.5. The third-order valence-electron chi connectivity index (χ3n) is 14.2. The zero-order valence-electron chi connectivity index (χ0n) is 47.1. The molecule has 82 heavy (non-hydrogen) atoms. The SMILES string of the molecule is Cc1ncsc1-c1ccc(CNC(=O)C2CC(O)CN2C(=O)C(NC(=O)CCc2cc(N)cc(CCOCCOCC#Cc3ccc(C4=NC(CC(=O)NCCS(=O)(=O)O)c5nnc(C)n5-c5sc(C)c(C)c54)cc3)c2)C(C)(C)C)cc1. The number of aliphatic hydroxyl groups excluding tert-OH is 1. The number of aryl methyl sites for hydroxylation is 4. The summed E-state index contributed by atoms with van der Waals surface area (Å²) < 4.78 is 45.1. The maximum absolute atomic E-state index is 14.2. The van der Waals surface area contributed by atoms with Gasteiger partial charge in [0.1, 0.15) is 35.6 Å². The van der Waals surface area contributed by atoms with E-state index in [4.69, 9.17) is 24.8 Å². The Kier molecular flexibility index (Phi) is 19.9. The van der Waals surface area contributed by atoms with Crippen LogP contribution in [-0.2, 0) is 58.2 Å². The number of β-amino-alcohol motifs (C(OH)–C–C–N with tert-alkyl or cyclic N) is 1. The van der Waals surface area contributed by atoms with Crippen molar-refractivity contribution >= 4 is 67.8 Å². The number of thiazole rings is 1. The highest BCUT2D eigenvalue weighted by Crippen LogP contribution is 2.40. The summed E-state index contributed by atoms with van der Waals surface area (Å²) in [7, 11) is -4.25. The zero-order chi connectivity index (χ0) is 58.9. The number of nitrogen functional groups attached to an aromatic ring is 1. The van der Waals surface area contributed by atoms with E-state index in [1.165, 1.54) is 4.90 Å². The van der Waals surface area contributed by atoms with E-state index in [1.807, 2.05) is 125 Å². The number of thiophene rings is 1. The molecule has 2 aliphatic rings. The monoisotopic (exact) mass is 1170 g/mol. The van der Waals surface area contributed by atoms with Crippen molar-refractivity contribution in [1.82, 2.24) is 40.6 Å². The lowest BCUT2D eigenvalue weighted by molar-refractivity contribution is -0.144. The molecule has 5 heterocycles. The van der Waals surface area contributed by atoms with Gasteiger partial charge in [0.05, 0.1) is 59.9 Å². The lowest BCUT2D eigenvalue weighted by atomic mass is 9.85. The second-order valence-electron chi connectivity index (χ2n) is 21.6. The molecule has 7 N–H and O–H groups in total. The highest BCUT2D eigenvalue weighted by atomic mass is 32.2. The molecule has 434 valence electrons. The summed E-state index contributed by atoms with van der Waals surface area (Å²) >= 11 is 3.15. The van der Waals surface area contributed by atoms with Gasteiger partial charge in [0, 0.05) is 59.7 Å². The number of fused-ring (bicyclic) bond motifs is 3. The van der Waals surface area contributed by atoms with Crippen LogP contribution in [0.15, 0.2) is 77.2 Å². The molecule has 0 aliphatic carbocycles. The molecule has 23 heteroatoms. The number of carbonyl (C=O) groups is 4. The molecular weight excluding hydrogens is 1100 g/mol. The second kappa shape index (κ2) is 26.8.